The van der Waals surface area contributed by atoms with Crippen molar-refractivity contribution in [3.05, 3.63) is 33.9 Å². The molecule has 1 fully saturated rings. The number of carboxylic acids is 1. The van der Waals surface area contributed by atoms with Crippen LogP contribution in [0, 0.1) is 16.0 Å². The lowest BCUT2D eigenvalue weighted by molar-refractivity contribution is -0.387. The predicted molar refractivity (Wildman–Crippen MR) is 76.5 cm³/mol. The largest absolute Gasteiger partial charge is 0.481 e. The molecule has 0 radical (unpaired) electrons. The maximum atomic E-state index is 12.0. The molecule has 1 aliphatic rings. The molecule has 0 spiro atoms. The quantitative estimate of drug-likeness (QED) is 0.488. The molecule has 0 atom stereocenters. The fourth-order valence-electron chi connectivity index (χ4n) is 2.18. The molecular weight excluding hydrogens is 296 g/mol. The lowest BCUT2D eigenvalue weighted by atomic mass is 9.80. The summed E-state index contributed by atoms with van der Waals surface area (Å²) in [6.07, 6.45) is 2.51. The summed E-state index contributed by atoms with van der Waals surface area (Å²) in [6.45, 7) is 0. The number of thioether (sulfide) groups is 1. The minimum atomic E-state index is -0.861. The van der Waals surface area contributed by atoms with E-state index in [9.17, 15) is 19.7 Å². The number of carboxylic acid groups (broad SMARTS) is 1. The number of carbonyl (C=O) groups excluding carboxylic acids is 1. The second kappa shape index (κ2) is 6.13. The van der Waals surface area contributed by atoms with Gasteiger partial charge in [-0.15, -0.1) is 11.8 Å². The van der Waals surface area contributed by atoms with E-state index in [2.05, 4.69) is 5.32 Å². The Morgan fingerprint density at radius 1 is 1.43 bits per heavy atom. The van der Waals surface area contributed by atoms with Gasteiger partial charge in [-0.05, 0) is 31.2 Å². The number of nitro groups is 1. The van der Waals surface area contributed by atoms with Crippen LogP contribution in [0.25, 0.3) is 0 Å². The normalized spacial score (nSPS) is 20.4. The van der Waals surface area contributed by atoms with Crippen molar-refractivity contribution in [1.82, 2.24) is 5.32 Å². The van der Waals surface area contributed by atoms with Crippen LogP contribution in [-0.2, 0) is 4.79 Å². The van der Waals surface area contributed by atoms with Crippen molar-refractivity contribution >= 4 is 29.3 Å². The SMILES string of the molecule is CSc1ccc(C(=O)NC2CC(C(=O)O)C2)cc1[N+](=O)[O-]. The van der Waals surface area contributed by atoms with Gasteiger partial charge in [-0.2, -0.15) is 0 Å². The Kier molecular flexibility index (Phi) is 4.46. The zero-order valence-corrected chi connectivity index (χ0v) is 12.1. The minimum absolute atomic E-state index is 0.104. The van der Waals surface area contributed by atoms with E-state index in [1.54, 1.807) is 12.3 Å². The summed E-state index contributed by atoms with van der Waals surface area (Å²) in [5, 5.41) is 22.4. The Balaban J connectivity index is 2.05. The highest BCUT2D eigenvalue weighted by Crippen LogP contribution is 2.30. The first-order valence-corrected chi connectivity index (χ1v) is 7.51. The van der Waals surface area contributed by atoms with Crippen molar-refractivity contribution in [2.24, 2.45) is 5.92 Å². The van der Waals surface area contributed by atoms with Crippen molar-refractivity contribution in [2.75, 3.05) is 6.26 Å². The second-order valence-electron chi connectivity index (χ2n) is 4.82. The van der Waals surface area contributed by atoms with Crippen molar-refractivity contribution in [2.45, 2.75) is 23.8 Å². The third kappa shape index (κ3) is 3.33. The van der Waals surface area contributed by atoms with E-state index in [0.717, 1.165) is 0 Å². The molecule has 7 nitrogen and oxygen atoms in total. The number of carbonyl (C=O) groups is 2. The number of nitrogens with one attached hydrogen (secondary N) is 1. The Morgan fingerprint density at radius 2 is 2.10 bits per heavy atom. The molecule has 1 aromatic rings. The fourth-order valence-corrected chi connectivity index (χ4v) is 2.73. The van der Waals surface area contributed by atoms with Gasteiger partial charge in [0.1, 0.15) is 0 Å². The van der Waals surface area contributed by atoms with Crippen LogP contribution in [0.15, 0.2) is 23.1 Å². The third-order valence-corrected chi connectivity index (χ3v) is 4.25. The van der Waals surface area contributed by atoms with Crippen LogP contribution < -0.4 is 5.32 Å². The van der Waals surface area contributed by atoms with E-state index in [1.807, 2.05) is 0 Å². The van der Waals surface area contributed by atoms with Gasteiger partial charge in [0.15, 0.2) is 0 Å². The molecule has 112 valence electrons. The first-order valence-electron chi connectivity index (χ1n) is 6.28. The molecule has 1 aliphatic carbocycles. The van der Waals surface area contributed by atoms with Gasteiger partial charge in [-0.1, -0.05) is 0 Å². The highest BCUT2D eigenvalue weighted by Gasteiger charge is 2.35. The summed E-state index contributed by atoms with van der Waals surface area (Å²) in [6, 6.07) is 4.13. The molecule has 0 unspecified atom stereocenters. The fraction of sp³-hybridized carbons (Fsp3) is 0.385. The van der Waals surface area contributed by atoms with E-state index < -0.39 is 22.7 Å². The molecule has 1 aromatic carbocycles. The summed E-state index contributed by atoms with van der Waals surface area (Å²) in [7, 11) is 0. The Bertz CT molecular complexity index is 598. The number of nitrogens with zero attached hydrogens (tertiary/aromatic N) is 1. The number of nitro benzene ring substituents is 1. The average Bonchev–Trinajstić information content (AvgIpc) is 2.40. The minimum Gasteiger partial charge on any atom is -0.481 e. The van der Waals surface area contributed by atoms with Gasteiger partial charge in [0.25, 0.3) is 11.6 Å². The molecule has 2 rings (SSSR count). The molecule has 1 amide bonds. The number of hydrogen-bond donors (Lipinski definition) is 2. The standard InChI is InChI=1S/C13H14N2O5S/c1-21-11-3-2-7(6-10(11)15(19)20)12(16)14-9-4-8(5-9)13(17)18/h2-3,6,8-9H,4-5H2,1H3,(H,14,16)(H,17,18). The zero-order chi connectivity index (χ0) is 15.6. The second-order valence-corrected chi connectivity index (χ2v) is 5.67. The lowest BCUT2D eigenvalue weighted by Crippen LogP contribution is -2.46. The molecule has 0 aliphatic heterocycles. The average molecular weight is 310 g/mol. The summed E-state index contributed by atoms with van der Waals surface area (Å²) < 4.78 is 0. The highest BCUT2D eigenvalue weighted by atomic mass is 32.2. The summed E-state index contributed by atoms with van der Waals surface area (Å²) in [4.78, 5) is 33.6. The Hall–Kier alpha value is -2.09. The Labute approximate surface area is 124 Å². The van der Waals surface area contributed by atoms with Gasteiger partial charge in [0, 0.05) is 17.7 Å². The van der Waals surface area contributed by atoms with Gasteiger partial charge in [-0.25, -0.2) is 0 Å². The molecule has 1 saturated carbocycles. The molecule has 0 aromatic heterocycles. The van der Waals surface area contributed by atoms with Gasteiger partial charge in [-0.3, -0.25) is 19.7 Å². The predicted octanol–water partition coefficient (Wildman–Crippen LogP) is 1.91. The van der Waals surface area contributed by atoms with Crippen LogP contribution in [0.3, 0.4) is 0 Å². The number of aliphatic carboxylic acids is 1. The smallest absolute Gasteiger partial charge is 0.306 e. The first-order chi connectivity index (χ1) is 9.92. The van der Waals surface area contributed by atoms with Crippen LogP contribution >= 0.6 is 11.8 Å². The van der Waals surface area contributed by atoms with E-state index in [4.69, 9.17) is 5.11 Å². The monoisotopic (exact) mass is 310 g/mol. The molecular formula is C13H14N2O5S. The van der Waals surface area contributed by atoms with Crippen molar-refractivity contribution < 1.29 is 19.6 Å². The molecule has 8 heteroatoms. The van der Waals surface area contributed by atoms with Crippen LogP contribution in [0.2, 0.25) is 0 Å². The van der Waals surface area contributed by atoms with Crippen molar-refractivity contribution in [1.29, 1.82) is 0 Å². The summed E-state index contributed by atoms with van der Waals surface area (Å²) >= 11 is 1.24. The maximum absolute atomic E-state index is 12.0. The number of benzene rings is 1. The van der Waals surface area contributed by atoms with Gasteiger partial charge < -0.3 is 10.4 Å². The summed E-state index contributed by atoms with van der Waals surface area (Å²) in [5.74, 6) is -1.69. The van der Waals surface area contributed by atoms with Crippen molar-refractivity contribution in [3.63, 3.8) is 0 Å². The van der Waals surface area contributed by atoms with E-state index >= 15 is 0 Å². The van der Waals surface area contributed by atoms with E-state index in [1.165, 1.54) is 23.9 Å². The number of hydrogen-bond acceptors (Lipinski definition) is 5. The van der Waals surface area contributed by atoms with Gasteiger partial charge >= 0.3 is 5.97 Å². The van der Waals surface area contributed by atoms with Gasteiger partial charge in [0.05, 0.1) is 15.7 Å². The number of amides is 1. The van der Waals surface area contributed by atoms with Crippen LogP contribution in [0.1, 0.15) is 23.2 Å². The molecule has 21 heavy (non-hydrogen) atoms. The third-order valence-electron chi connectivity index (χ3n) is 3.46. The topological polar surface area (TPSA) is 110 Å². The first kappa shape index (κ1) is 15.3. The molecule has 0 bridgehead atoms. The lowest BCUT2D eigenvalue weighted by Gasteiger charge is -2.32. The molecule has 0 saturated heterocycles. The van der Waals surface area contributed by atoms with Crippen molar-refractivity contribution in [3.8, 4) is 0 Å². The summed E-state index contributed by atoms with van der Waals surface area (Å²) in [5.41, 5.74) is 0.102. The molecule has 0 heterocycles. The Morgan fingerprint density at radius 3 is 2.62 bits per heavy atom. The van der Waals surface area contributed by atoms with E-state index in [0.29, 0.717) is 17.7 Å². The highest BCUT2D eigenvalue weighted by molar-refractivity contribution is 7.98. The van der Waals surface area contributed by atoms with Crippen LogP contribution in [-0.4, -0.2) is 34.2 Å². The van der Waals surface area contributed by atoms with Crippen LogP contribution in [0.4, 0.5) is 5.69 Å². The number of rotatable bonds is 5. The van der Waals surface area contributed by atoms with Crippen LogP contribution in [0.5, 0.6) is 0 Å². The van der Waals surface area contributed by atoms with Gasteiger partial charge in [0.2, 0.25) is 0 Å². The molecule has 2 N–H and O–H groups in total. The maximum Gasteiger partial charge on any atom is 0.306 e. The zero-order valence-electron chi connectivity index (χ0n) is 11.2. The van der Waals surface area contributed by atoms with E-state index in [-0.39, 0.29) is 17.3 Å².